The largest absolute Gasteiger partial charge is 0.507 e. The molecule has 0 bridgehead atoms. The van der Waals surface area contributed by atoms with Gasteiger partial charge in [-0.3, -0.25) is 0 Å². The average Bonchev–Trinajstić information content (AvgIpc) is 2.93. The van der Waals surface area contributed by atoms with Crippen molar-refractivity contribution in [1.82, 2.24) is 9.88 Å². The minimum Gasteiger partial charge on any atom is -0.507 e. The molecule has 0 aliphatic carbocycles. The van der Waals surface area contributed by atoms with Crippen molar-refractivity contribution in [3.05, 3.63) is 30.0 Å². The molecule has 2 N–H and O–H groups in total. The second kappa shape index (κ2) is 3.52. The minimum absolute atomic E-state index is 0.155. The van der Waals surface area contributed by atoms with Crippen molar-refractivity contribution in [1.29, 1.82) is 0 Å². The fourth-order valence-corrected chi connectivity index (χ4v) is 2.53. The van der Waals surface area contributed by atoms with Crippen LogP contribution in [0, 0.1) is 0 Å². The monoisotopic (exact) mass is 219 g/mol. The molecule has 1 fully saturated rings. The van der Waals surface area contributed by atoms with Gasteiger partial charge in [0.2, 0.25) is 0 Å². The lowest BCUT2D eigenvalue weighted by molar-refractivity contribution is 0.411. The van der Waals surface area contributed by atoms with E-state index in [1.54, 1.807) is 12.1 Å². The van der Waals surface area contributed by atoms with Crippen LogP contribution < -0.4 is 0 Å². The third kappa shape index (κ3) is 1.39. The molecule has 2 heterocycles. The van der Waals surface area contributed by atoms with Gasteiger partial charge >= 0.3 is 0 Å². The summed E-state index contributed by atoms with van der Waals surface area (Å²) in [6.45, 7) is -0.942. The van der Waals surface area contributed by atoms with Crippen molar-refractivity contribution in [3.8, 4) is 5.75 Å². The normalized spacial score (nSPS) is 25.5. The molecule has 2 aromatic rings. The number of fused-ring (bicyclic) bond motifs is 1. The van der Waals surface area contributed by atoms with E-state index in [2.05, 4.69) is 4.98 Å². The Labute approximate surface area is 98.9 Å². The summed E-state index contributed by atoms with van der Waals surface area (Å²) in [5.41, 5.74) is 1.90. The SMILES string of the molecule is [2H]C([2H])([2H])N1CC[C@H](c2c[nH]c3cccc(O)c23)C1. The lowest BCUT2D eigenvalue weighted by Crippen LogP contribution is -2.13. The number of hydrogen-bond acceptors (Lipinski definition) is 2. The highest BCUT2D eigenvalue weighted by Gasteiger charge is 2.24. The predicted molar refractivity (Wildman–Crippen MR) is 64.8 cm³/mol. The molecule has 84 valence electrons. The van der Waals surface area contributed by atoms with E-state index in [-0.39, 0.29) is 11.7 Å². The van der Waals surface area contributed by atoms with Crippen LogP contribution in [0.3, 0.4) is 0 Å². The molecule has 1 atom stereocenters. The van der Waals surface area contributed by atoms with Crippen LogP contribution in [0.15, 0.2) is 24.4 Å². The Morgan fingerprint density at radius 3 is 3.31 bits per heavy atom. The number of aromatic amines is 1. The number of nitrogens with one attached hydrogen (secondary N) is 1. The molecule has 0 saturated carbocycles. The zero-order chi connectivity index (χ0) is 13.6. The first kappa shape index (κ1) is 6.97. The van der Waals surface area contributed by atoms with Gasteiger partial charge in [0.25, 0.3) is 0 Å². The zero-order valence-electron chi connectivity index (χ0n) is 11.9. The molecule has 1 aliphatic heterocycles. The van der Waals surface area contributed by atoms with Crippen molar-refractivity contribution >= 4 is 10.9 Å². The Bertz CT molecular complexity index is 605. The van der Waals surface area contributed by atoms with Crippen LogP contribution in [-0.2, 0) is 0 Å². The summed E-state index contributed by atoms with van der Waals surface area (Å²) in [6, 6.07) is 5.37. The molecule has 1 aliphatic rings. The quantitative estimate of drug-likeness (QED) is 0.772. The van der Waals surface area contributed by atoms with Gasteiger partial charge in [-0.25, -0.2) is 0 Å². The summed E-state index contributed by atoms with van der Waals surface area (Å²) in [6.07, 6.45) is 2.69. The molecular formula is C13H16N2O. The van der Waals surface area contributed by atoms with Gasteiger partial charge in [-0.1, -0.05) is 6.07 Å². The molecule has 3 rings (SSSR count). The second-order valence-corrected chi connectivity index (χ2v) is 4.38. The summed E-state index contributed by atoms with van der Waals surface area (Å²) in [7, 11) is 0. The maximum atomic E-state index is 9.98. The molecule has 1 aromatic carbocycles. The number of nitrogens with zero attached hydrogens (tertiary/aromatic N) is 1. The maximum Gasteiger partial charge on any atom is 0.125 e. The number of rotatable bonds is 1. The molecular weight excluding hydrogens is 200 g/mol. The van der Waals surface area contributed by atoms with Crippen LogP contribution in [0.4, 0.5) is 0 Å². The van der Waals surface area contributed by atoms with E-state index >= 15 is 0 Å². The first-order valence-electron chi connectivity index (χ1n) is 7.01. The summed E-state index contributed by atoms with van der Waals surface area (Å²) in [4.78, 5) is 4.66. The third-order valence-electron chi connectivity index (χ3n) is 3.34. The van der Waals surface area contributed by atoms with Crippen LogP contribution in [0.25, 0.3) is 10.9 Å². The number of aromatic nitrogens is 1. The number of benzene rings is 1. The van der Waals surface area contributed by atoms with Gasteiger partial charge in [0.05, 0.1) is 0 Å². The van der Waals surface area contributed by atoms with Crippen LogP contribution in [-0.4, -0.2) is 35.1 Å². The smallest absolute Gasteiger partial charge is 0.125 e. The van der Waals surface area contributed by atoms with Crippen molar-refractivity contribution in [2.24, 2.45) is 0 Å². The van der Waals surface area contributed by atoms with E-state index < -0.39 is 6.98 Å². The number of phenols is 1. The lowest BCUT2D eigenvalue weighted by atomic mass is 9.97. The molecule has 3 nitrogen and oxygen atoms in total. The number of likely N-dealkylation sites (N-methyl/N-ethyl adjacent to an activating group) is 1. The first-order chi connectivity index (χ1) is 8.97. The highest BCUT2D eigenvalue weighted by atomic mass is 16.3. The Balaban J connectivity index is 1.94. The molecule has 0 amide bonds. The average molecular weight is 219 g/mol. The fraction of sp³-hybridized carbons (Fsp3) is 0.385. The lowest BCUT2D eigenvalue weighted by Gasteiger charge is -2.09. The van der Waals surface area contributed by atoms with E-state index in [1.165, 1.54) is 4.90 Å². The van der Waals surface area contributed by atoms with Crippen LogP contribution in [0.5, 0.6) is 5.75 Å². The van der Waals surface area contributed by atoms with Crippen LogP contribution in [0.2, 0.25) is 0 Å². The molecule has 0 spiro atoms. The zero-order valence-corrected chi connectivity index (χ0v) is 8.90. The van der Waals surface area contributed by atoms with Gasteiger partial charge in [-0.05, 0) is 37.6 Å². The summed E-state index contributed by atoms with van der Waals surface area (Å²) in [5.74, 6) is 0.406. The predicted octanol–water partition coefficient (Wildman–Crippen LogP) is 2.29. The Hall–Kier alpha value is -1.48. The van der Waals surface area contributed by atoms with Gasteiger partial charge < -0.3 is 15.0 Å². The summed E-state index contributed by atoms with van der Waals surface area (Å²) in [5, 5.41) is 10.8. The van der Waals surface area contributed by atoms with Gasteiger partial charge in [-0.15, -0.1) is 0 Å². The second-order valence-electron chi connectivity index (χ2n) is 4.38. The Morgan fingerprint density at radius 1 is 1.56 bits per heavy atom. The van der Waals surface area contributed by atoms with E-state index in [0.717, 1.165) is 22.9 Å². The van der Waals surface area contributed by atoms with Crippen LogP contribution in [0.1, 0.15) is 22.0 Å². The molecule has 0 unspecified atom stereocenters. The number of hydrogen-bond donors (Lipinski definition) is 2. The van der Waals surface area contributed by atoms with Crippen molar-refractivity contribution in [2.75, 3.05) is 20.1 Å². The molecule has 1 aromatic heterocycles. The fourth-order valence-electron chi connectivity index (χ4n) is 2.53. The number of likely N-dealkylation sites (tertiary alicyclic amines) is 1. The summed E-state index contributed by atoms with van der Waals surface area (Å²) >= 11 is 0. The topological polar surface area (TPSA) is 39.3 Å². The number of phenolic OH excluding ortho intramolecular Hbond substituents is 1. The molecule has 16 heavy (non-hydrogen) atoms. The van der Waals surface area contributed by atoms with Crippen molar-refractivity contribution < 1.29 is 9.22 Å². The van der Waals surface area contributed by atoms with Crippen LogP contribution >= 0.6 is 0 Å². The van der Waals surface area contributed by atoms with Gasteiger partial charge in [0, 0.05) is 33.7 Å². The molecule has 1 saturated heterocycles. The van der Waals surface area contributed by atoms with Crippen molar-refractivity contribution in [2.45, 2.75) is 12.3 Å². The minimum atomic E-state index is -2.02. The highest BCUT2D eigenvalue weighted by molar-refractivity contribution is 5.89. The highest BCUT2D eigenvalue weighted by Crippen LogP contribution is 2.36. The third-order valence-corrected chi connectivity index (χ3v) is 3.34. The van der Waals surface area contributed by atoms with E-state index in [9.17, 15) is 5.11 Å². The van der Waals surface area contributed by atoms with Gasteiger partial charge in [0.15, 0.2) is 0 Å². The standard InChI is InChI=1S/C13H16N2O/c1-15-6-5-9(8-15)10-7-14-11-3-2-4-12(16)13(10)11/h2-4,7,9,14,16H,5-6,8H2,1H3/t9-/m0/s1/i1D3. The van der Waals surface area contributed by atoms with Gasteiger partial charge in [-0.2, -0.15) is 0 Å². The Morgan fingerprint density at radius 2 is 2.50 bits per heavy atom. The van der Waals surface area contributed by atoms with Gasteiger partial charge in [0.1, 0.15) is 5.75 Å². The number of aromatic hydroxyl groups is 1. The Kier molecular flexibility index (Phi) is 1.53. The van der Waals surface area contributed by atoms with E-state index in [4.69, 9.17) is 4.11 Å². The molecule has 0 radical (unpaired) electrons. The van der Waals surface area contributed by atoms with E-state index in [0.29, 0.717) is 13.1 Å². The molecule has 3 heteroatoms. The van der Waals surface area contributed by atoms with E-state index in [1.807, 2.05) is 12.3 Å². The maximum absolute atomic E-state index is 9.98. The first-order valence-corrected chi connectivity index (χ1v) is 5.51. The summed E-state index contributed by atoms with van der Waals surface area (Å²) < 4.78 is 22.4. The number of H-pyrrole nitrogens is 1. The van der Waals surface area contributed by atoms with Crippen molar-refractivity contribution in [3.63, 3.8) is 0 Å².